The number of nitrogens with one attached hydrogen (secondary N) is 3. The molecule has 0 saturated carbocycles. The van der Waals surface area contributed by atoms with Crippen molar-refractivity contribution in [3.05, 3.63) is 35.0 Å². The Balaban J connectivity index is 1.63. The maximum absolute atomic E-state index is 13.3. The third kappa shape index (κ3) is 3.06. The van der Waals surface area contributed by atoms with Gasteiger partial charge in [0.1, 0.15) is 6.54 Å². The van der Waals surface area contributed by atoms with Crippen LogP contribution in [0.5, 0.6) is 0 Å². The van der Waals surface area contributed by atoms with Gasteiger partial charge in [-0.3, -0.25) is 14.7 Å². The molecular weight excluding hydrogens is 390 g/mol. The third-order valence-corrected chi connectivity index (χ3v) is 6.42. The summed E-state index contributed by atoms with van der Waals surface area (Å²) < 4.78 is 0. The van der Waals surface area contributed by atoms with Gasteiger partial charge in [-0.05, 0) is 82.7 Å². The van der Waals surface area contributed by atoms with Crippen LogP contribution < -0.4 is 10.2 Å². The zero-order valence-electron chi connectivity index (χ0n) is 18.8. The molecule has 7 nitrogen and oxygen atoms in total. The van der Waals surface area contributed by atoms with E-state index < -0.39 is 5.41 Å². The zero-order chi connectivity index (χ0) is 22.1. The molecule has 1 aromatic carbocycles. The van der Waals surface area contributed by atoms with Gasteiger partial charge in [0.05, 0.1) is 23.0 Å². The van der Waals surface area contributed by atoms with E-state index in [-0.39, 0.29) is 23.9 Å². The number of fused-ring (bicyclic) bond motifs is 6. The highest BCUT2D eigenvalue weighted by Gasteiger charge is 2.45. The Morgan fingerprint density at radius 2 is 2.00 bits per heavy atom. The van der Waals surface area contributed by atoms with Gasteiger partial charge in [0.2, 0.25) is 11.8 Å². The maximum atomic E-state index is 13.3. The Morgan fingerprint density at radius 1 is 1.23 bits per heavy atom. The van der Waals surface area contributed by atoms with Crippen molar-refractivity contribution in [2.24, 2.45) is 0 Å². The summed E-state index contributed by atoms with van der Waals surface area (Å²) >= 11 is 0. The largest absolute Gasteiger partial charge is 0.353 e. The average molecular weight is 420 g/mol. The highest BCUT2D eigenvalue weighted by Crippen LogP contribution is 2.45. The second kappa shape index (κ2) is 6.45. The molecule has 0 saturated heterocycles. The fraction of sp³-hybridized carbons (Fsp3) is 0.458. The van der Waals surface area contributed by atoms with E-state index in [9.17, 15) is 9.59 Å². The summed E-state index contributed by atoms with van der Waals surface area (Å²) in [6.07, 6.45) is 4.91. The zero-order valence-corrected chi connectivity index (χ0v) is 18.8. The van der Waals surface area contributed by atoms with Crippen molar-refractivity contribution in [3.63, 3.8) is 0 Å². The molecule has 2 aliphatic rings. The van der Waals surface area contributed by atoms with Crippen LogP contribution in [0.2, 0.25) is 0 Å². The number of anilines is 1. The van der Waals surface area contributed by atoms with Crippen molar-refractivity contribution in [1.82, 2.24) is 20.5 Å². The van der Waals surface area contributed by atoms with E-state index in [2.05, 4.69) is 32.6 Å². The molecule has 0 spiro atoms. The monoisotopic (exact) mass is 419 g/mol. The standard InChI is InChI=1S/C24H29N5O2/c1-23(2,3)27-19(30)12-29-18-9-15-14-8-6-7-13-11-25-28-20(13)21(14)26-17(15)10-16(18)24(4,5)22(29)31/h9-11,26H,6-8,12H2,1-5H3,(H,25,28)(H,27,30). The Hall–Kier alpha value is -3.09. The molecule has 0 fully saturated rings. The fourth-order valence-electron chi connectivity index (χ4n) is 4.98. The minimum Gasteiger partial charge on any atom is -0.353 e. The van der Waals surface area contributed by atoms with Crippen molar-refractivity contribution < 1.29 is 9.59 Å². The van der Waals surface area contributed by atoms with Gasteiger partial charge in [-0.1, -0.05) is 0 Å². The molecule has 0 radical (unpaired) electrons. The van der Waals surface area contributed by atoms with E-state index in [1.54, 1.807) is 4.90 Å². The Morgan fingerprint density at radius 3 is 2.74 bits per heavy atom. The van der Waals surface area contributed by atoms with Gasteiger partial charge >= 0.3 is 0 Å². The molecule has 7 heteroatoms. The minimum absolute atomic E-state index is 0.0232. The first-order valence-corrected chi connectivity index (χ1v) is 10.9. The number of aryl methyl sites for hydroxylation is 2. The number of nitrogens with zero attached hydrogens (tertiary/aromatic N) is 2. The average Bonchev–Trinajstić information content (AvgIpc) is 3.28. The minimum atomic E-state index is -0.687. The lowest BCUT2D eigenvalue weighted by molar-refractivity contribution is -0.126. The van der Waals surface area contributed by atoms with Crippen LogP contribution in [0.1, 0.15) is 57.7 Å². The highest BCUT2D eigenvalue weighted by atomic mass is 16.2. The summed E-state index contributed by atoms with van der Waals surface area (Å²) in [4.78, 5) is 31.2. The molecule has 1 aliphatic carbocycles. The molecule has 2 amide bonds. The predicted octanol–water partition coefficient (Wildman–Crippen LogP) is 3.59. The van der Waals surface area contributed by atoms with E-state index >= 15 is 0 Å². The van der Waals surface area contributed by atoms with E-state index in [0.29, 0.717) is 0 Å². The number of amides is 2. The van der Waals surface area contributed by atoms with Crippen molar-refractivity contribution in [2.45, 2.75) is 64.8 Å². The van der Waals surface area contributed by atoms with Crippen LogP contribution >= 0.6 is 0 Å². The topological polar surface area (TPSA) is 93.9 Å². The Bertz CT molecular complexity index is 1220. The Kier molecular flexibility index (Phi) is 4.13. The highest BCUT2D eigenvalue weighted by molar-refractivity contribution is 6.12. The third-order valence-electron chi connectivity index (χ3n) is 6.42. The van der Waals surface area contributed by atoms with Gasteiger partial charge < -0.3 is 15.2 Å². The smallest absolute Gasteiger partial charge is 0.240 e. The molecule has 0 bridgehead atoms. The number of benzene rings is 1. The lowest BCUT2D eigenvalue weighted by Crippen LogP contribution is -2.48. The van der Waals surface area contributed by atoms with Crippen molar-refractivity contribution in [1.29, 1.82) is 0 Å². The van der Waals surface area contributed by atoms with Crippen LogP contribution in [0.25, 0.3) is 22.3 Å². The summed E-state index contributed by atoms with van der Waals surface area (Å²) in [5.41, 5.74) is 6.40. The van der Waals surface area contributed by atoms with E-state index in [4.69, 9.17) is 0 Å². The lowest BCUT2D eigenvalue weighted by Gasteiger charge is -2.24. The normalized spacial score (nSPS) is 17.3. The van der Waals surface area contributed by atoms with Crippen LogP contribution in [-0.4, -0.2) is 39.1 Å². The van der Waals surface area contributed by atoms with E-state index in [1.165, 1.54) is 11.1 Å². The number of aromatic nitrogens is 3. The number of H-pyrrole nitrogens is 2. The molecule has 5 rings (SSSR count). The molecule has 3 heterocycles. The molecule has 3 N–H and O–H groups in total. The van der Waals surface area contributed by atoms with Gasteiger partial charge in [-0.25, -0.2) is 0 Å². The maximum Gasteiger partial charge on any atom is 0.240 e. The summed E-state index contributed by atoms with van der Waals surface area (Å²) in [5.74, 6) is -0.194. The number of rotatable bonds is 2. The molecular formula is C24H29N5O2. The SMILES string of the molecule is CC(C)(C)NC(=O)CN1C(=O)C(C)(C)c2cc3[nH]c4c(c3cc21)CCCc1cn[nH]c1-4. The quantitative estimate of drug-likeness (QED) is 0.593. The number of hydrogen-bond acceptors (Lipinski definition) is 3. The predicted molar refractivity (Wildman–Crippen MR) is 121 cm³/mol. The molecule has 3 aromatic rings. The summed E-state index contributed by atoms with van der Waals surface area (Å²) in [7, 11) is 0. The second-order valence-corrected chi connectivity index (χ2v) is 10.3. The number of carbonyl (C=O) groups is 2. The molecule has 31 heavy (non-hydrogen) atoms. The van der Waals surface area contributed by atoms with Crippen LogP contribution in [0, 0.1) is 0 Å². The molecule has 162 valence electrons. The molecule has 1 aliphatic heterocycles. The van der Waals surface area contributed by atoms with E-state index in [1.807, 2.05) is 40.8 Å². The first kappa shape index (κ1) is 19.8. The molecule has 0 unspecified atom stereocenters. The van der Waals surface area contributed by atoms with Gasteiger partial charge in [0, 0.05) is 22.1 Å². The summed E-state index contributed by atoms with van der Waals surface area (Å²) in [5, 5.41) is 11.5. The molecule has 2 aromatic heterocycles. The number of hydrogen-bond donors (Lipinski definition) is 3. The van der Waals surface area contributed by atoms with Gasteiger partial charge in [0.25, 0.3) is 0 Å². The van der Waals surface area contributed by atoms with E-state index in [0.717, 1.165) is 52.8 Å². The van der Waals surface area contributed by atoms with Crippen LogP contribution in [0.4, 0.5) is 5.69 Å². The first-order chi connectivity index (χ1) is 14.6. The summed E-state index contributed by atoms with van der Waals surface area (Å²) in [6, 6.07) is 4.19. The lowest BCUT2D eigenvalue weighted by atomic mass is 9.85. The molecule has 0 atom stereocenters. The van der Waals surface area contributed by atoms with Crippen LogP contribution in [0.3, 0.4) is 0 Å². The van der Waals surface area contributed by atoms with Gasteiger partial charge in [-0.15, -0.1) is 0 Å². The van der Waals surface area contributed by atoms with Gasteiger partial charge in [-0.2, -0.15) is 5.10 Å². The summed E-state index contributed by atoms with van der Waals surface area (Å²) in [6.45, 7) is 9.71. The van der Waals surface area contributed by atoms with Crippen molar-refractivity contribution in [3.8, 4) is 11.4 Å². The first-order valence-electron chi connectivity index (χ1n) is 10.9. The second-order valence-electron chi connectivity index (χ2n) is 10.3. The van der Waals surface area contributed by atoms with Crippen molar-refractivity contribution >= 4 is 28.4 Å². The Labute approximate surface area is 181 Å². The van der Waals surface area contributed by atoms with Gasteiger partial charge in [0.15, 0.2) is 0 Å². The van der Waals surface area contributed by atoms with Crippen molar-refractivity contribution in [2.75, 3.05) is 11.4 Å². The van der Waals surface area contributed by atoms with Crippen LogP contribution in [-0.2, 0) is 27.8 Å². The van der Waals surface area contributed by atoms with Crippen LogP contribution in [0.15, 0.2) is 18.3 Å². The number of carbonyl (C=O) groups excluding carboxylic acids is 2. The number of aromatic amines is 2. The fourth-order valence-corrected chi connectivity index (χ4v) is 4.98.